The lowest BCUT2D eigenvalue weighted by Gasteiger charge is -2.30. The molecule has 1 amide bonds. The zero-order valence-electron chi connectivity index (χ0n) is 17.7. The number of hydrogen-bond acceptors (Lipinski definition) is 2. The average molecular weight is 390 g/mol. The third-order valence-corrected chi connectivity index (χ3v) is 5.34. The van der Waals surface area contributed by atoms with Crippen LogP contribution in [0.3, 0.4) is 0 Å². The second-order valence-electron chi connectivity index (χ2n) is 8.98. The van der Waals surface area contributed by atoms with E-state index in [-0.39, 0.29) is 17.1 Å². The maximum Gasteiger partial charge on any atom is 0.333 e. The molecule has 0 saturated carbocycles. The number of aryl methyl sites for hydroxylation is 1. The molecular formula is C21H35N5O2+2. The summed E-state index contributed by atoms with van der Waals surface area (Å²) in [6.07, 6.45) is 0.944. The highest BCUT2D eigenvalue weighted by Crippen LogP contribution is 2.12. The van der Waals surface area contributed by atoms with Crippen LogP contribution >= 0.6 is 0 Å². The Kier molecular flexibility index (Phi) is 6.25. The van der Waals surface area contributed by atoms with E-state index in [2.05, 4.69) is 12.2 Å². The Bertz CT molecular complexity index is 869. The first-order chi connectivity index (χ1) is 13.3. The molecule has 2 aromatic rings. The van der Waals surface area contributed by atoms with Crippen molar-refractivity contribution in [1.29, 1.82) is 0 Å². The van der Waals surface area contributed by atoms with E-state index < -0.39 is 0 Å². The highest BCUT2D eigenvalue weighted by Gasteiger charge is 2.27. The molecule has 1 aromatic carbocycles. The molecule has 1 aromatic heterocycles. The summed E-state index contributed by atoms with van der Waals surface area (Å²) in [7, 11) is 0. The molecule has 3 N–H and O–H groups in total. The van der Waals surface area contributed by atoms with Crippen LogP contribution in [0.25, 0.3) is 11.0 Å². The molecule has 0 spiro atoms. The Labute approximate surface area is 166 Å². The minimum absolute atomic E-state index is 0.0925. The molecule has 0 radical (unpaired) electrons. The Morgan fingerprint density at radius 1 is 1.04 bits per heavy atom. The normalized spacial score (nSPS) is 20.4. The molecule has 1 saturated heterocycles. The van der Waals surface area contributed by atoms with Crippen LogP contribution in [0.2, 0.25) is 0 Å². The van der Waals surface area contributed by atoms with Crippen LogP contribution in [0, 0.1) is 0 Å². The summed E-state index contributed by atoms with van der Waals surface area (Å²) in [5, 5.41) is 3.04. The van der Waals surface area contributed by atoms with Crippen molar-refractivity contribution < 1.29 is 14.6 Å². The number of carbonyl (C=O) groups excluding carboxylic acids is 1. The van der Waals surface area contributed by atoms with Crippen LogP contribution in [-0.2, 0) is 18.0 Å². The predicted molar refractivity (Wildman–Crippen MR) is 111 cm³/mol. The van der Waals surface area contributed by atoms with Crippen molar-refractivity contribution in [1.82, 2.24) is 14.5 Å². The Hall–Kier alpha value is -2.12. The van der Waals surface area contributed by atoms with Crippen molar-refractivity contribution in [2.24, 2.45) is 0 Å². The van der Waals surface area contributed by atoms with Crippen molar-refractivity contribution in [2.75, 3.05) is 32.7 Å². The molecule has 0 atom stereocenters. The van der Waals surface area contributed by atoms with E-state index >= 15 is 0 Å². The van der Waals surface area contributed by atoms with E-state index in [1.165, 1.54) is 9.80 Å². The molecule has 0 aliphatic carbocycles. The number of hydrogen-bond donors (Lipinski definition) is 3. The second-order valence-corrected chi connectivity index (χ2v) is 8.98. The largest absolute Gasteiger partial charge is 0.347 e. The fraction of sp³-hybridized carbons (Fsp3) is 0.619. The molecule has 1 aliphatic rings. The van der Waals surface area contributed by atoms with Gasteiger partial charge >= 0.3 is 5.69 Å². The zero-order valence-corrected chi connectivity index (χ0v) is 17.7. The van der Waals surface area contributed by atoms with Crippen LogP contribution in [0.4, 0.5) is 0 Å². The first-order valence-corrected chi connectivity index (χ1v) is 10.4. The smallest absolute Gasteiger partial charge is 0.333 e. The molecule has 7 heteroatoms. The molecule has 28 heavy (non-hydrogen) atoms. The topological polar surface area (TPSA) is 64.9 Å². The summed E-state index contributed by atoms with van der Waals surface area (Å²) >= 11 is 0. The number of amides is 1. The third kappa shape index (κ3) is 4.83. The van der Waals surface area contributed by atoms with Gasteiger partial charge < -0.3 is 15.1 Å². The first kappa shape index (κ1) is 20.6. The summed E-state index contributed by atoms with van der Waals surface area (Å²) in [5.74, 6) is 0.116. The van der Waals surface area contributed by atoms with Crippen molar-refractivity contribution in [3.05, 3.63) is 34.7 Å². The molecule has 1 aliphatic heterocycles. The van der Waals surface area contributed by atoms with Crippen LogP contribution in [-0.4, -0.2) is 53.3 Å². The van der Waals surface area contributed by atoms with Gasteiger partial charge in [0.25, 0.3) is 5.91 Å². The lowest BCUT2D eigenvalue weighted by atomic mass is 10.1. The number of nitrogens with one attached hydrogen (secondary N) is 3. The number of rotatable bonds is 6. The number of nitrogens with zero attached hydrogens (tertiary/aromatic N) is 2. The minimum atomic E-state index is -0.183. The van der Waals surface area contributed by atoms with Gasteiger partial charge in [0.1, 0.15) is 26.2 Å². The van der Waals surface area contributed by atoms with Crippen molar-refractivity contribution in [2.45, 2.75) is 52.9 Å². The number of benzene rings is 1. The third-order valence-electron chi connectivity index (χ3n) is 5.34. The van der Waals surface area contributed by atoms with Gasteiger partial charge in [0, 0.05) is 12.1 Å². The maximum absolute atomic E-state index is 12.9. The van der Waals surface area contributed by atoms with Crippen LogP contribution in [0.15, 0.2) is 29.1 Å². The summed E-state index contributed by atoms with van der Waals surface area (Å²) in [4.78, 5) is 27.8. The fourth-order valence-electron chi connectivity index (χ4n) is 4.07. The van der Waals surface area contributed by atoms with Gasteiger partial charge in [0.15, 0.2) is 13.2 Å². The number of fused-ring (bicyclic) bond motifs is 1. The standard InChI is InChI=1S/C21H33N5O2/c1-5-10-25-17-8-6-7-9-18(17)26(20(25)28)16-24-13-11-23(12-14-24)15-19(27)22-21(2,3)4/h6-9H,5,10-16H2,1-4H3,(H,22,27)/p+2. The Morgan fingerprint density at radius 3 is 2.18 bits per heavy atom. The van der Waals surface area contributed by atoms with Crippen LogP contribution < -0.4 is 20.8 Å². The predicted octanol–water partition coefficient (Wildman–Crippen LogP) is -1.13. The van der Waals surface area contributed by atoms with Crippen molar-refractivity contribution >= 4 is 16.9 Å². The van der Waals surface area contributed by atoms with Gasteiger partial charge in [0.2, 0.25) is 0 Å². The molecule has 1 fully saturated rings. The molecule has 3 rings (SSSR count). The fourth-order valence-corrected chi connectivity index (χ4v) is 4.07. The highest BCUT2D eigenvalue weighted by atomic mass is 16.2. The van der Waals surface area contributed by atoms with Crippen molar-refractivity contribution in [3.8, 4) is 0 Å². The molecule has 2 heterocycles. The number of imidazole rings is 1. The second kappa shape index (κ2) is 8.49. The monoisotopic (exact) mass is 389 g/mol. The first-order valence-electron chi connectivity index (χ1n) is 10.4. The quantitative estimate of drug-likeness (QED) is 0.585. The molecule has 0 unspecified atom stereocenters. The number of piperazine rings is 1. The summed E-state index contributed by atoms with van der Waals surface area (Å²) in [5.41, 5.74) is 1.96. The highest BCUT2D eigenvalue weighted by molar-refractivity contribution is 5.77. The lowest BCUT2D eigenvalue weighted by Crippen LogP contribution is -3.28. The van der Waals surface area contributed by atoms with E-state index in [0.717, 1.165) is 50.2 Å². The Morgan fingerprint density at radius 2 is 1.61 bits per heavy atom. The number of carbonyl (C=O) groups is 1. The van der Waals surface area contributed by atoms with E-state index in [1.54, 1.807) is 0 Å². The number of quaternary nitrogens is 2. The van der Waals surface area contributed by atoms with Crippen LogP contribution in [0.1, 0.15) is 34.1 Å². The van der Waals surface area contributed by atoms with Gasteiger partial charge in [0.05, 0.1) is 11.0 Å². The van der Waals surface area contributed by atoms with Gasteiger partial charge in [-0.05, 0) is 39.3 Å². The van der Waals surface area contributed by atoms with Gasteiger partial charge in [-0.3, -0.25) is 9.36 Å². The number of para-hydroxylation sites is 2. The summed E-state index contributed by atoms with van der Waals surface area (Å²) in [6.45, 7) is 13.9. The zero-order chi connectivity index (χ0) is 20.3. The van der Waals surface area contributed by atoms with E-state index in [4.69, 9.17) is 0 Å². The minimum Gasteiger partial charge on any atom is -0.347 e. The van der Waals surface area contributed by atoms with Crippen molar-refractivity contribution in [3.63, 3.8) is 0 Å². The number of aromatic nitrogens is 2. The van der Waals surface area contributed by atoms with E-state index in [0.29, 0.717) is 13.2 Å². The van der Waals surface area contributed by atoms with E-state index in [1.807, 2.05) is 54.2 Å². The van der Waals surface area contributed by atoms with Gasteiger partial charge in [-0.25, -0.2) is 9.36 Å². The SMILES string of the molecule is CCCn1c(=O)n(C[NH+]2CC[NH+](CC(=O)NC(C)(C)C)CC2)c2ccccc21. The Balaban J connectivity index is 1.63. The maximum atomic E-state index is 12.9. The lowest BCUT2D eigenvalue weighted by molar-refractivity contribution is -1.02. The molecular weight excluding hydrogens is 354 g/mol. The molecule has 0 bridgehead atoms. The van der Waals surface area contributed by atoms with Gasteiger partial charge in [-0.15, -0.1) is 0 Å². The van der Waals surface area contributed by atoms with Crippen LogP contribution in [0.5, 0.6) is 0 Å². The van der Waals surface area contributed by atoms with Gasteiger partial charge in [-0.2, -0.15) is 0 Å². The van der Waals surface area contributed by atoms with E-state index in [9.17, 15) is 9.59 Å². The van der Waals surface area contributed by atoms with Gasteiger partial charge in [-0.1, -0.05) is 19.1 Å². The molecule has 7 nitrogen and oxygen atoms in total. The summed E-state index contributed by atoms with van der Waals surface area (Å²) < 4.78 is 3.82. The molecule has 154 valence electrons. The average Bonchev–Trinajstić information content (AvgIpc) is 2.88. The summed E-state index contributed by atoms with van der Waals surface area (Å²) in [6, 6.07) is 8.07.